The maximum atomic E-state index is 13.4. The number of carbonyl (C=O) groups excluding carboxylic acids is 3. The monoisotopic (exact) mass is 242 g/mol. The van der Waals surface area contributed by atoms with Crippen molar-refractivity contribution in [1.82, 2.24) is 5.32 Å². The van der Waals surface area contributed by atoms with Crippen LogP contribution in [0.25, 0.3) is 0 Å². The Kier molecular flexibility index (Phi) is 2.35. The molecule has 0 radical (unpaired) electrons. The van der Waals surface area contributed by atoms with E-state index in [1.807, 2.05) is 0 Å². The van der Waals surface area contributed by atoms with Gasteiger partial charge in [-0.3, -0.25) is 14.9 Å². The molecule has 82 valence electrons. The fourth-order valence-corrected chi connectivity index (χ4v) is 1.44. The van der Waals surface area contributed by atoms with E-state index in [9.17, 15) is 18.8 Å². The second-order valence-corrected chi connectivity index (χ2v) is 3.43. The normalized spacial score (nSPS) is 15.6. The fraction of sp³-hybridized carbons (Fsp3) is 0. The number of nitrogens with one attached hydrogen (secondary N) is 1. The van der Waals surface area contributed by atoms with Crippen LogP contribution in [0.3, 0.4) is 0 Å². The molecule has 1 aromatic rings. The molecule has 0 atom stereocenters. The summed E-state index contributed by atoms with van der Waals surface area (Å²) in [6.45, 7) is 0. The number of hydrogen-bond acceptors (Lipinski definition) is 3. The summed E-state index contributed by atoms with van der Waals surface area (Å²) in [5.41, 5.74) is -0.308. The Labute approximate surface area is 93.8 Å². The minimum atomic E-state index is -1.12. The zero-order valence-corrected chi connectivity index (χ0v) is 8.42. The number of urea groups is 1. The molecule has 0 aromatic heterocycles. The number of nitrogens with zero attached hydrogens (tertiary/aromatic N) is 1. The van der Waals surface area contributed by atoms with Crippen molar-refractivity contribution in [2.45, 2.75) is 0 Å². The topological polar surface area (TPSA) is 66.5 Å². The second kappa shape index (κ2) is 3.57. The highest BCUT2D eigenvalue weighted by Gasteiger charge is 2.39. The van der Waals surface area contributed by atoms with Crippen LogP contribution >= 0.6 is 11.6 Å². The molecule has 5 nitrogen and oxygen atoms in total. The van der Waals surface area contributed by atoms with Crippen molar-refractivity contribution >= 4 is 35.1 Å². The van der Waals surface area contributed by atoms with Crippen LogP contribution < -0.4 is 10.2 Å². The Balaban J connectivity index is 2.48. The molecule has 1 N–H and O–H groups in total. The molecule has 16 heavy (non-hydrogen) atoms. The summed E-state index contributed by atoms with van der Waals surface area (Å²) in [6, 6.07) is 2.42. The van der Waals surface area contributed by atoms with Gasteiger partial charge in [-0.05, 0) is 18.2 Å². The van der Waals surface area contributed by atoms with Gasteiger partial charge in [-0.25, -0.2) is 14.1 Å². The van der Waals surface area contributed by atoms with E-state index < -0.39 is 23.7 Å². The summed E-state index contributed by atoms with van der Waals surface area (Å²) in [5, 5.41) is 1.88. The Hall–Kier alpha value is -1.95. The van der Waals surface area contributed by atoms with E-state index in [0.29, 0.717) is 4.90 Å². The fourth-order valence-electron chi connectivity index (χ4n) is 1.28. The van der Waals surface area contributed by atoms with Gasteiger partial charge in [-0.2, -0.15) is 0 Å². The van der Waals surface area contributed by atoms with E-state index >= 15 is 0 Å². The highest BCUT2D eigenvalue weighted by Crippen LogP contribution is 2.24. The van der Waals surface area contributed by atoms with Gasteiger partial charge >= 0.3 is 17.8 Å². The van der Waals surface area contributed by atoms with E-state index in [1.165, 1.54) is 6.07 Å². The molecule has 0 spiro atoms. The van der Waals surface area contributed by atoms with Gasteiger partial charge in [0.25, 0.3) is 0 Å². The molecule has 0 unspecified atom stereocenters. The second-order valence-electron chi connectivity index (χ2n) is 3.00. The first-order valence-electron chi connectivity index (χ1n) is 4.15. The maximum Gasteiger partial charge on any atom is 0.336 e. The van der Waals surface area contributed by atoms with Crippen molar-refractivity contribution in [1.29, 1.82) is 0 Å². The predicted octanol–water partition coefficient (Wildman–Crippen LogP) is 1.06. The van der Waals surface area contributed by atoms with E-state index in [4.69, 9.17) is 11.6 Å². The average molecular weight is 243 g/mol. The van der Waals surface area contributed by atoms with Gasteiger partial charge in [0.15, 0.2) is 0 Å². The van der Waals surface area contributed by atoms with E-state index in [2.05, 4.69) is 0 Å². The number of imide groups is 2. The Morgan fingerprint density at radius 2 is 1.94 bits per heavy atom. The van der Waals surface area contributed by atoms with Gasteiger partial charge in [0.1, 0.15) is 5.82 Å². The van der Waals surface area contributed by atoms with Gasteiger partial charge in [0, 0.05) is 5.02 Å². The third-order valence-corrected chi connectivity index (χ3v) is 2.21. The summed E-state index contributed by atoms with van der Waals surface area (Å²) in [7, 11) is 0. The van der Waals surface area contributed by atoms with Crippen LogP contribution in [-0.4, -0.2) is 17.8 Å². The lowest BCUT2D eigenvalue weighted by Gasteiger charge is -2.11. The molecule has 0 saturated carbocycles. The third kappa shape index (κ3) is 1.53. The van der Waals surface area contributed by atoms with Gasteiger partial charge < -0.3 is 0 Å². The smallest absolute Gasteiger partial charge is 0.269 e. The van der Waals surface area contributed by atoms with Crippen LogP contribution in [0, 0.1) is 5.82 Å². The van der Waals surface area contributed by atoms with Gasteiger partial charge in [-0.1, -0.05) is 11.6 Å². The number of benzene rings is 1. The van der Waals surface area contributed by atoms with Crippen LogP contribution in [0.4, 0.5) is 14.9 Å². The minimum Gasteiger partial charge on any atom is -0.269 e. The van der Waals surface area contributed by atoms with Crippen molar-refractivity contribution < 1.29 is 18.8 Å². The van der Waals surface area contributed by atoms with Gasteiger partial charge in [0.05, 0.1) is 5.69 Å². The number of halogens is 2. The lowest BCUT2D eigenvalue weighted by Crippen LogP contribution is -2.31. The molecule has 0 bridgehead atoms. The molecule has 1 aromatic carbocycles. The largest absolute Gasteiger partial charge is 0.336 e. The molecule has 4 amide bonds. The van der Waals surface area contributed by atoms with Crippen molar-refractivity contribution in [3.63, 3.8) is 0 Å². The molecule has 1 heterocycles. The zero-order valence-electron chi connectivity index (χ0n) is 7.66. The third-order valence-electron chi connectivity index (χ3n) is 1.97. The number of anilines is 1. The summed E-state index contributed by atoms with van der Waals surface area (Å²) in [6.07, 6.45) is 0. The Morgan fingerprint density at radius 3 is 2.44 bits per heavy atom. The van der Waals surface area contributed by atoms with Crippen LogP contribution in [0.2, 0.25) is 5.02 Å². The van der Waals surface area contributed by atoms with Crippen molar-refractivity contribution in [2.24, 2.45) is 0 Å². The van der Waals surface area contributed by atoms with E-state index in [-0.39, 0.29) is 10.7 Å². The van der Waals surface area contributed by atoms with Crippen LogP contribution in [-0.2, 0) is 9.59 Å². The lowest BCUT2D eigenvalue weighted by atomic mass is 10.3. The average Bonchev–Trinajstić information content (AvgIpc) is 2.43. The van der Waals surface area contributed by atoms with E-state index in [1.54, 1.807) is 5.32 Å². The van der Waals surface area contributed by atoms with Gasteiger partial charge in [-0.15, -0.1) is 0 Å². The van der Waals surface area contributed by atoms with Crippen LogP contribution in [0.1, 0.15) is 0 Å². The zero-order chi connectivity index (χ0) is 11.9. The minimum absolute atomic E-state index is 0.125. The summed E-state index contributed by atoms with van der Waals surface area (Å²) in [4.78, 5) is 33.8. The molecule has 1 aliphatic heterocycles. The summed E-state index contributed by atoms with van der Waals surface area (Å²) >= 11 is 5.51. The first-order valence-corrected chi connectivity index (χ1v) is 4.53. The first kappa shape index (κ1) is 10.6. The van der Waals surface area contributed by atoms with Crippen molar-refractivity contribution in [2.75, 3.05) is 4.90 Å². The Bertz CT molecular complexity index is 517. The SMILES string of the molecule is O=C1NC(=O)N(c2ccc(Cl)cc2F)C1=O. The molecular formula is C9H4ClFN2O3. The summed E-state index contributed by atoms with van der Waals surface area (Å²) < 4.78 is 13.4. The molecule has 2 rings (SSSR count). The molecule has 1 fully saturated rings. The molecule has 7 heteroatoms. The lowest BCUT2D eigenvalue weighted by molar-refractivity contribution is -0.134. The predicted molar refractivity (Wildman–Crippen MR) is 52.4 cm³/mol. The molecule has 0 aliphatic carbocycles. The quantitative estimate of drug-likeness (QED) is 0.592. The van der Waals surface area contributed by atoms with E-state index in [0.717, 1.165) is 12.1 Å². The number of rotatable bonds is 1. The number of carbonyl (C=O) groups is 3. The van der Waals surface area contributed by atoms with Crippen molar-refractivity contribution in [3.05, 3.63) is 29.0 Å². The molecule has 1 aliphatic rings. The standard InChI is InChI=1S/C9H4ClFN2O3/c10-4-1-2-6(5(11)3-4)13-8(15)7(14)12-9(13)16/h1-3H,(H,12,14,16). The Morgan fingerprint density at radius 1 is 1.25 bits per heavy atom. The highest BCUT2D eigenvalue weighted by molar-refractivity contribution is 6.53. The highest BCUT2D eigenvalue weighted by atomic mass is 35.5. The molecular weight excluding hydrogens is 239 g/mol. The van der Waals surface area contributed by atoms with Crippen LogP contribution in [0.15, 0.2) is 18.2 Å². The maximum absolute atomic E-state index is 13.4. The first-order chi connectivity index (χ1) is 7.50. The summed E-state index contributed by atoms with van der Waals surface area (Å²) in [5.74, 6) is -3.06. The van der Waals surface area contributed by atoms with Crippen molar-refractivity contribution in [3.8, 4) is 0 Å². The molecule has 1 saturated heterocycles. The number of hydrogen-bond donors (Lipinski definition) is 1. The number of amides is 4. The van der Waals surface area contributed by atoms with Crippen LogP contribution in [0.5, 0.6) is 0 Å². The van der Waals surface area contributed by atoms with Gasteiger partial charge in [0.2, 0.25) is 0 Å².